The van der Waals surface area contributed by atoms with E-state index in [9.17, 15) is 0 Å². The van der Waals surface area contributed by atoms with E-state index in [2.05, 4.69) is 27.5 Å². The van der Waals surface area contributed by atoms with Crippen LogP contribution >= 0.6 is 0 Å². The molecule has 0 atom stereocenters. The lowest BCUT2D eigenvalue weighted by Crippen LogP contribution is -2.11. The highest BCUT2D eigenvalue weighted by Crippen LogP contribution is 2.00. The van der Waals surface area contributed by atoms with Gasteiger partial charge in [-0.05, 0) is 6.54 Å². The maximum absolute atomic E-state index is 4.08. The van der Waals surface area contributed by atoms with Crippen LogP contribution in [0.15, 0.2) is 18.7 Å². The molecule has 0 fully saturated rings. The molecule has 2 aromatic heterocycles. The molecule has 0 saturated heterocycles. The summed E-state index contributed by atoms with van der Waals surface area (Å²) < 4.78 is 3.80. The van der Waals surface area contributed by atoms with Crippen molar-refractivity contribution in [3.05, 3.63) is 30.1 Å². The van der Waals surface area contributed by atoms with Gasteiger partial charge < -0.3 is 9.88 Å². The average Bonchev–Trinajstić information content (AvgIpc) is 2.87. The smallest absolute Gasteiger partial charge is 0.0964 e. The molecule has 0 aliphatic carbocycles. The van der Waals surface area contributed by atoms with E-state index in [4.69, 9.17) is 0 Å². The Hall–Kier alpha value is -1.69. The molecular formula is C10H16N6. The minimum absolute atomic E-state index is 0.704. The minimum atomic E-state index is 0.704. The molecule has 2 rings (SSSR count). The van der Waals surface area contributed by atoms with E-state index >= 15 is 0 Å². The highest BCUT2D eigenvalue weighted by atomic mass is 15.4. The Morgan fingerprint density at radius 3 is 3.00 bits per heavy atom. The van der Waals surface area contributed by atoms with Crippen molar-refractivity contribution in [3.63, 3.8) is 0 Å². The van der Waals surface area contributed by atoms with Crippen LogP contribution in [-0.2, 0) is 20.1 Å². The summed E-state index contributed by atoms with van der Waals surface area (Å²) in [5.41, 5.74) is 2.07. The van der Waals surface area contributed by atoms with Gasteiger partial charge in [0.15, 0.2) is 0 Å². The van der Waals surface area contributed by atoms with Crippen LogP contribution in [0.1, 0.15) is 18.3 Å². The second-order valence-corrected chi connectivity index (χ2v) is 3.68. The first-order valence-electron chi connectivity index (χ1n) is 5.34. The Bertz CT molecular complexity index is 444. The van der Waals surface area contributed by atoms with Crippen molar-refractivity contribution in [1.82, 2.24) is 29.9 Å². The Labute approximate surface area is 94.3 Å². The highest BCUT2D eigenvalue weighted by molar-refractivity contribution is 5.00. The van der Waals surface area contributed by atoms with Crippen LogP contribution in [0.25, 0.3) is 0 Å². The zero-order valence-corrected chi connectivity index (χ0v) is 9.59. The van der Waals surface area contributed by atoms with Crippen LogP contribution in [0, 0.1) is 0 Å². The molecule has 0 amide bonds. The summed E-state index contributed by atoms with van der Waals surface area (Å²) >= 11 is 0. The lowest BCUT2D eigenvalue weighted by molar-refractivity contribution is 0.620. The second-order valence-electron chi connectivity index (χ2n) is 3.68. The molecule has 0 radical (unpaired) electrons. The Morgan fingerprint density at radius 2 is 2.31 bits per heavy atom. The molecule has 2 aromatic rings. The molecule has 0 bridgehead atoms. The monoisotopic (exact) mass is 220 g/mol. The Morgan fingerprint density at radius 1 is 1.44 bits per heavy atom. The molecule has 0 aromatic carbocycles. The van der Waals surface area contributed by atoms with Crippen molar-refractivity contribution in [2.45, 2.75) is 20.0 Å². The third kappa shape index (κ3) is 2.46. The van der Waals surface area contributed by atoms with Gasteiger partial charge in [0.05, 0.1) is 36.7 Å². The first-order chi connectivity index (χ1) is 7.79. The molecule has 6 heteroatoms. The first-order valence-corrected chi connectivity index (χ1v) is 5.34. The third-order valence-corrected chi connectivity index (χ3v) is 2.38. The molecule has 6 nitrogen and oxygen atoms in total. The van der Waals surface area contributed by atoms with Crippen LogP contribution < -0.4 is 5.32 Å². The van der Waals surface area contributed by atoms with Crippen molar-refractivity contribution in [3.8, 4) is 0 Å². The molecule has 0 spiro atoms. The van der Waals surface area contributed by atoms with E-state index in [1.54, 1.807) is 6.33 Å². The van der Waals surface area contributed by atoms with Crippen LogP contribution in [0.4, 0.5) is 0 Å². The van der Waals surface area contributed by atoms with Crippen LogP contribution in [0.5, 0.6) is 0 Å². The standard InChI is InChI=1S/C10H16N6/c1-3-11-4-9-6-16(14-13-9)7-10-5-12-8-15(10)2/h5-6,8,11H,3-4,7H2,1-2H3. The summed E-state index contributed by atoms with van der Waals surface area (Å²) in [6.07, 6.45) is 5.58. The van der Waals surface area contributed by atoms with Gasteiger partial charge in [-0.25, -0.2) is 9.67 Å². The van der Waals surface area contributed by atoms with Crippen LogP contribution in [-0.4, -0.2) is 31.1 Å². The summed E-state index contributed by atoms with van der Waals surface area (Å²) in [6, 6.07) is 0. The van der Waals surface area contributed by atoms with E-state index in [1.165, 1.54) is 0 Å². The molecule has 86 valence electrons. The van der Waals surface area contributed by atoms with Gasteiger partial charge in [-0.15, -0.1) is 5.10 Å². The predicted octanol–water partition coefficient (Wildman–Crippen LogP) is 0.169. The molecule has 0 saturated carbocycles. The van der Waals surface area contributed by atoms with Gasteiger partial charge in [0.25, 0.3) is 0 Å². The average molecular weight is 220 g/mol. The molecule has 2 heterocycles. The van der Waals surface area contributed by atoms with E-state index in [0.29, 0.717) is 6.54 Å². The number of aryl methyl sites for hydroxylation is 1. The van der Waals surface area contributed by atoms with Crippen molar-refractivity contribution in [2.75, 3.05) is 6.54 Å². The summed E-state index contributed by atoms with van der Waals surface area (Å²) in [4.78, 5) is 4.06. The number of aromatic nitrogens is 5. The van der Waals surface area contributed by atoms with Crippen molar-refractivity contribution < 1.29 is 0 Å². The Balaban J connectivity index is 2.00. The molecule has 0 aliphatic heterocycles. The molecule has 0 unspecified atom stereocenters. The fourth-order valence-electron chi connectivity index (χ4n) is 1.45. The summed E-state index contributed by atoms with van der Waals surface area (Å²) in [6.45, 7) is 4.48. The minimum Gasteiger partial charge on any atom is -0.336 e. The van der Waals surface area contributed by atoms with Crippen LogP contribution in [0.3, 0.4) is 0 Å². The predicted molar refractivity (Wildman–Crippen MR) is 59.7 cm³/mol. The van der Waals surface area contributed by atoms with E-state index in [1.807, 2.05) is 28.7 Å². The SMILES string of the molecule is CCNCc1cn(Cc2cncn2C)nn1. The molecular weight excluding hydrogens is 204 g/mol. The fourth-order valence-corrected chi connectivity index (χ4v) is 1.45. The number of imidazole rings is 1. The molecule has 1 N–H and O–H groups in total. The largest absolute Gasteiger partial charge is 0.336 e. The van der Waals surface area contributed by atoms with Crippen molar-refractivity contribution >= 4 is 0 Å². The van der Waals surface area contributed by atoms with Crippen molar-refractivity contribution in [2.24, 2.45) is 7.05 Å². The number of nitrogens with zero attached hydrogens (tertiary/aromatic N) is 5. The van der Waals surface area contributed by atoms with E-state index in [-0.39, 0.29) is 0 Å². The van der Waals surface area contributed by atoms with Gasteiger partial charge in [-0.3, -0.25) is 0 Å². The van der Waals surface area contributed by atoms with Crippen molar-refractivity contribution in [1.29, 1.82) is 0 Å². The maximum Gasteiger partial charge on any atom is 0.0964 e. The topological polar surface area (TPSA) is 60.6 Å². The highest BCUT2D eigenvalue weighted by Gasteiger charge is 2.03. The second kappa shape index (κ2) is 4.89. The first kappa shape index (κ1) is 10.8. The number of hydrogen-bond donors (Lipinski definition) is 1. The van der Waals surface area contributed by atoms with Crippen LogP contribution in [0.2, 0.25) is 0 Å². The van der Waals surface area contributed by atoms with E-state index in [0.717, 1.165) is 24.5 Å². The maximum atomic E-state index is 4.08. The zero-order chi connectivity index (χ0) is 11.4. The van der Waals surface area contributed by atoms with E-state index < -0.39 is 0 Å². The number of nitrogens with one attached hydrogen (secondary N) is 1. The zero-order valence-electron chi connectivity index (χ0n) is 9.59. The van der Waals surface area contributed by atoms with Gasteiger partial charge in [0.2, 0.25) is 0 Å². The van der Waals surface area contributed by atoms with Gasteiger partial charge in [-0.2, -0.15) is 0 Å². The molecule has 16 heavy (non-hydrogen) atoms. The summed E-state index contributed by atoms with van der Waals surface area (Å²) in [5.74, 6) is 0. The van der Waals surface area contributed by atoms with Gasteiger partial charge in [0, 0.05) is 13.6 Å². The quantitative estimate of drug-likeness (QED) is 0.780. The summed E-state index contributed by atoms with van der Waals surface area (Å²) in [7, 11) is 1.97. The number of rotatable bonds is 5. The normalized spacial score (nSPS) is 10.9. The fraction of sp³-hybridized carbons (Fsp3) is 0.500. The molecule has 0 aliphatic rings. The van der Waals surface area contributed by atoms with Gasteiger partial charge in [-0.1, -0.05) is 12.1 Å². The lowest BCUT2D eigenvalue weighted by atomic mass is 10.4. The summed E-state index contributed by atoms with van der Waals surface area (Å²) in [5, 5.41) is 11.4. The number of hydrogen-bond acceptors (Lipinski definition) is 4. The lowest BCUT2D eigenvalue weighted by Gasteiger charge is -2.00. The van der Waals surface area contributed by atoms with Gasteiger partial charge >= 0.3 is 0 Å². The van der Waals surface area contributed by atoms with Gasteiger partial charge in [0.1, 0.15) is 0 Å². The Kier molecular flexibility index (Phi) is 3.31. The third-order valence-electron chi connectivity index (χ3n) is 2.38.